The fourth-order valence-corrected chi connectivity index (χ4v) is 3.66. The SMILES string of the molecule is c1cc(-c2csc(C3CSCCN3)n2)co1. The van der Waals surface area contributed by atoms with Crippen LogP contribution in [0.4, 0.5) is 0 Å². The Morgan fingerprint density at radius 2 is 2.50 bits per heavy atom. The van der Waals surface area contributed by atoms with Gasteiger partial charge in [-0.25, -0.2) is 4.98 Å². The van der Waals surface area contributed by atoms with E-state index in [1.807, 2.05) is 17.8 Å². The molecule has 0 radical (unpaired) electrons. The van der Waals surface area contributed by atoms with Gasteiger partial charge < -0.3 is 9.73 Å². The molecule has 0 aromatic carbocycles. The Morgan fingerprint density at radius 3 is 3.25 bits per heavy atom. The molecule has 3 rings (SSSR count). The van der Waals surface area contributed by atoms with Crippen LogP contribution < -0.4 is 5.32 Å². The summed E-state index contributed by atoms with van der Waals surface area (Å²) in [4.78, 5) is 4.66. The first-order valence-electron chi connectivity index (χ1n) is 5.22. The van der Waals surface area contributed by atoms with Crippen LogP contribution in [0.3, 0.4) is 0 Å². The monoisotopic (exact) mass is 252 g/mol. The third kappa shape index (κ3) is 2.03. The number of rotatable bonds is 2. The highest BCUT2D eigenvalue weighted by Gasteiger charge is 2.18. The predicted octanol–water partition coefficient (Wildman–Crippen LogP) is 2.78. The number of thiazole rings is 1. The molecule has 5 heteroatoms. The van der Waals surface area contributed by atoms with Crippen LogP contribution in [0.25, 0.3) is 11.3 Å². The Balaban J connectivity index is 1.82. The van der Waals surface area contributed by atoms with Crippen molar-refractivity contribution in [1.29, 1.82) is 0 Å². The largest absolute Gasteiger partial charge is 0.472 e. The van der Waals surface area contributed by atoms with Crippen molar-refractivity contribution >= 4 is 23.1 Å². The summed E-state index contributed by atoms with van der Waals surface area (Å²) in [5.41, 5.74) is 2.08. The molecule has 0 amide bonds. The van der Waals surface area contributed by atoms with E-state index < -0.39 is 0 Å². The minimum absolute atomic E-state index is 0.421. The highest BCUT2D eigenvalue weighted by molar-refractivity contribution is 7.99. The predicted molar refractivity (Wildman–Crippen MR) is 67.9 cm³/mol. The second-order valence-electron chi connectivity index (χ2n) is 3.66. The number of hydrogen-bond donors (Lipinski definition) is 1. The van der Waals surface area contributed by atoms with E-state index in [9.17, 15) is 0 Å². The number of nitrogens with one attached hydrogen (secondary N) is 1. The van der Waals surface area contributed by atoms with Crippen LogP contribution in [-0.2, 0) is 0 Å². The van der Waals surface area contributed by atoms with Gasteiger partial charge in [0, 0.05) is 29.0 Å². The Kier molecular flexibility index (Phi) is 2.99. The third-order valence-electron chi connectivity index (χ3n) is 2.56. The van der Waals surface area contributed by atoms with Crippen LogP contribution in [0.2, 0.25) is 0 Å². The first-order chi connectivity index (χ1) is 7.93. The molecule has 1 atom stereocenters. The van der Waals surface area contributed by atoms with E-state index in [0.717, 1.165) is 23.6 Å². The summed E-state index contributed by atoms with van der Waals surface area (Å²) >= 11 is 3.72. The van der Waals surface area contributed by atoms with Gasteiger partial charge in [-0.1, -0.05) is 0 Å². The molecule has 0 spiro atoms. The lowest BCUT2D eigenvalue weighted by Crippen LogP contribution is -2.30. The van der Waals surface area contributed by atoms with Gasteiger partial charge >= 0.3 is 0 Å². The Hall–Kier alpha value is -0.780. The van der Waals surface area contributed by atoms with E-state index >= 15 is 0 Å². The lowest BCUT2D eigenvalue weighted by Gasteiger charge is -2.20. The molecule has 0 saturated carbocycles. The molecule has 84 valence electrons. The van der Waals surface area contributed by atoms with Gasteiger partial charge in [-0.2, -0.15) is 11.8 Å². The van der Waals surface area contributed by atoms with Gasteiger partial charge in [-0.15, -0.1) is 11.3 Å². The smallest absolute Gasteiger partial charge is 0.111 e. The minimum atomic E-state index is 0.421. The molecule has 1 aliphatic rings. The summed E-state index contributed by atoms with van der Waals surface area (Å²) in [6.07, 6.45) is 3.42. The van der Waals surface area contributed by atoms with Gasteiger partial charge in [-0.05, 0) is 6.07 Å². The molecule has 2 aromatic heterocycles. The summed E-state index contributed by atoms with van der Waals surface area (Å²) in [5, 5.41) is 6.78. The van der Waals surface area contributed by atoms with Crippen LogP contribution >= 0.6 is 23.1 Å². The van der Waals surface area contributed by atoms with Crippen molar-refractivity contribution in [1.82, 2.24) is 10.3 Å². The first kappa shape index (κ1) is 10.4. The normalized spacial score (nSPS) is 21.1. The zero-order valence-corrected chi connectivity index (χ0v) is 10.3. The lowest BCUT2D eigenvalue weighted by atomic mass is 10.3. The van der Waals surface area contributed by atoms with Crippen molar-refractivity contribution in [2.75, 3.05) is 18.1 Å². The zero-order chi connectivity index (χ0) is 10.8. The van der Waals surface area contributed by atoms with Crippen LogP contribution in [0.5, 0.6) is 0 Å². The molecular formula is C11H12N2OS2. The van der Waals surface area contributed by atoms with Gasteiger partial charge in [0.1, 0.15) is 5.01 Å². The van der Waals surface area contributed by atoms with E-state index in [2.05, 4.69) is 15.7 Å². The Bertz CT molecular complexity index is 446. The maximum absolute atomic E-state index is 5.07. The average Bonchev–Trinajstić information content (AvgIpc) is 3.01. The lowest BCUT2D eigenvalue weighted by molar-refractivity contribution is 0.568. The molecule has 1 N–H and O–H groups in total. The maximum atomic E-state index is 5.07. The zero-order valence-electron chi connectivity index (χ0n) is 8.68. The van der Waals surface area contributed by atoms with Crippen molar-refractivity contribution in [3.8, 4) is 11.3 Å². The molecule has 0 aliphatic carbocycles. The second kappa shape index (κ2) is 4.61. The fraction of sp³-hybridized carbons (Fsp3) is 0.364. The number of aromatic nitrogens is 1. The molecule has 0 bridgehead atoms. The number of thioether (sulfide) groups is 1. The fourth-order valence-electron chi connectivity index (χ4n) is 1.71. The third-order valence-corrected chi connectivity index (χ3v) is 4.58. The van der Waals surface area contributed by atoms with E-state index in [4.69, 9.17) is 4.42 Å². The van der Waals surface area contributed by atoms with Crippen molar-refractivity contribution in [2.24, 2.45) is 0 Å². The summed E-state index contributed by atoms with van der Waals surface area (Å²) in [7, 11) is 0. The van der Waals surface area contributed by atoms with Gasteiger partial charge in [0.2, 0.25) is 0 Å². The Labute approximate surface area is 102 Å². The quantitative estimate of drug-likeness (QED) is 0.892. The Morgan fingerprint density at radius 1 is 1.50 bits per heavy atom. The number of furan rings is 1. The molecule has 2 aromatic rings. The molecule has 1 unspecified atom stereocenters. The molecule has 16 heavy (non-hydrogen) atoms. The average molecular weight is 252 g/mol. The summed E-state index contributed by atoms with van der Waals surface area (Å²) in [6, 6.07) is 2.37. The minimum Gasteiger partial charge on any atom is -0.472 e. The molecule has 3 nitrogen and oxygen atoms in total. The van der Waals surface area contributed by atoms with E-state index in [1.165, 1.54) is 10.8 Å². The van der Waals surface area contributed by atoms with E-state index in [0.29, 0.717) is 6.04 Å². The van der Waals surface area contributed by atoms with Crippen LogP contribution in [0.15, 0.2) is 28.4 Å². The van der Waals surface area contributed by atoms with Crippen molar-refractivity contribution in [3.63, 3.8) is 0 Å². The van der Waals surface area contributed by atoms with E-state index in [-0.39, 0.29) is 0 Å². The maximum Gasteiger partial charge on any atom is 0.111 e. The number of nitrogens with zero attached hydrogens (tertiary/aromatic N) is 1. The highest BCUT2D eigenvalue weighted by atomic mass is 32.2. The summed E-state index contributed by atoms with van der Waals surface area (Å²) in [6.45, 7) is 1.08. The van der Waals surface area contributed by atoms with Crippen LogP contribution in [0, 0.1) is 0 Å². The molecule has 1 saturated heterocycles. The standard InChI is InChI=1S/C11H12N2OS2/c1-3-14-5-8(1)9-7-16-11(13-9)10-6-15-4-2-12-10/h1,3,5,7,10,12H,2,4,6H2. The van der Waals surface area contributed by atoms with Crippen molar-refractivity contribution < 1.29 is 4.42 Å². The molecule has 1 fully saturated rings. The topological polar surface area (TPSA) is 38.1 Å². The van der Waals surface area contributed by atoms with Gasteiger partial charge in [0.05, 0.1) is 24.3 Å². The van der Waals surface area contributed by atoms with Crippen molar-refractivity contribution in [3.05, 3.63) is 29.0 Å². The van der Waals surface area contributed by atoms with Gasteiger partial charge in [-0.3, -0.25) is 0 Å². The van der Waals surface area contributed by atoms with Crippen LogP contribution in [0.1, 0.15) is 11.0 Å². The van der Waals surface area contributed by atoms with Crippen LogP contribution in [-0.4, -0.2) is 23.0 Å². The first-order valence-corrected chi connectivity index (χ1v) is 7.26. The second-order valence-corrected chi connectivity index (χ2v) is 5.70. The molecular weight excluding hydrogens is 240 g/mol. The molecule has 3 heterocycles. The number of hydrogen-bond acceptors (Lipinski definition) is 5. The van der Waals surface area contributed by atoms with Crippen molar-refractivity contribution in [2.45, 2.75) is 6.04 Å². The molecule has 1 aliphatic heterocycles. The highest BCUT2D eigenvalue weighted by Crippen LogP contribution is 2.28. The summed E-state index contributed by atoms with van der Waals surface area (Å²) in [5.74, 6) is 2.33. The van der Waals surface area contributed by atoms with Gasteiger partial charge in [0.15, 0.2) is 0 Å². The summed E-state index contributed by atoms with van der Waals surface area (Å²) < 4.78 is 5.07. The van der Waals surface area contributed by atoms with E-state index in [1.54, 1.807) is 23.9 Å². The van der Waals surface area contributed by atoms with Gasteiger partial charge in [0.25, 0.3) is 0 Å².